The van der Waals surface area contributed by atoms with Gasteiger partial charge in [-0.3, -0.25) is 4.79 Å². The Morgan fingerprint density at radius 1 is 0.771 bits per heavy atom. The van der Waals surface area contributed by atoms with Crippen LogP contribution < -0.4 is 10.1 Å². The number of aryl methyl sites for hydroxylation is 1. The summed E-state index contributed by atoms with van der Waals surface area (Å²) in [5.74, 6) is 1.52. The fourth-order valence-corrected chi connectivity index (χ4v) is 4.48. The molecule has 0 radical (unpaired) electrons. The predicted molar refractivity (Wildman–Crippen MR) is 148 cm³/mol. The minimum absolute atomic E-state index is 0.0560. The second-order valence-electron chi connectivity index (χ2n) is 9.94. The van der Waals surface area contributed by atoms with Crippen LogP contribution in [-0.4, -0.2) is 10.9 Å². The van der Waals surface area contributed by atoms with Crippen molar-refractivity contribution in [3.63, 3.8) is 0 Å². The molecule has 1 aromatic carbocycles. The van der Waals surface area contributed by atoms with E-state index in [0.717, 1.165) is 41.0 Å². The number of nitrogens with one attached hydrogen (secondary N) is 1. The van der Waals surface area contributed by atoms with Crippen molar-refractivity contribution in [1.29, 1.82) is 0 Å². The van der Waals surface area contributed by atoms with E-state index < -0.39 is 0 Å². The number of ether oxygens (including phenoxy) is 1. The molecule has 0 aliphatic carbocycles. The van der Waals surface area contributed by atoms with Crippen molar-refractivity contribution >= 4 is 11.7 Å². The number of amides is 1. The number of benzene rings is 1. The second-order valence-corrected chi connectivity index (χ2v) is 9.94. The molecule has 0 unspecified atom stereocenters. The third-order valence-electron chi connectivity index (χ3n) is 6.86. The van der Waals surface area contributed by atoms with Gasteiger partial charge in [-0.25, -0.2) is 4.98 Å². The van der Waals surface area contributed by atoms with Gasteiger partial charge in [0.2, 0.25) is 5.91 Å². The van der Waals surface area contributed by atoms with Crippen LogP contribution in [0.2, 0.25) is 0 Å². The van der Waals surface area contributed by atoms with Crippen LogP contribution in [0.5, 0.6) is 5.75 Å². The fraction of sp³-hybridized carbons (Fsp3) is 0.613. The third kappa shape index (κ3) is 11.3. The van der Waals surface area contributed by atoms with E-state index in [-0.39, 0.29) is 5.91 Å². The van der Waals surface area contributed by atoms with E-state index in [0.29, 0.717) is 18.8 Å². The Morgan fingerprint density at radius 3 is 1.89 bits per heavy atom. The summed E-state index contributed by atoms with van der Waals surface area (Å²) in [6, 6.07) is 10.1. The number of carbonyl (C=O) groups excluding carboxylic acids is 1. The molecule has 0 fully saturated rings. The molecule has 1 aromatic heterocycles. The Hall–Kier alpha value is -2.36. The molecule has 2 aromatic rings. The molecule has 0 aliphatic heterocycles. The number of aromatic nitrogens is 1. The molecule has 1 heterocycles. The van der Waals surface area contributed by atoms with Gasteiger partial charge in [-0.1, -0.05) is 114 Å². The molecule has 1 N–H and O–H groups in total. The van der Waals surface area contributed by atoms with Crippen molar-refractivity contribution < 1.29 is 9.53 Å². The lowest BCUT2D eigenvalue weighted by atomic mass is 10.0. The summed E-state index contributed by atoms with van der Waals surface area (Å²) in [5, 5.41) is 3.03. The minimum Gasteiger partial charge on any atom is -0.487 e. The van der Waals surface area contributed by atoms with Gasteiger partial charge < -0.3 is 10.1 Å². The highest BCUT2D eigenvalue weighted by atomic mass is 16.5. The van der Waals surface area contributed by atoms with Gasteiger partial charge in [0.15, 0.2) is 0 Å². The highest BCUT2D eigenvalue weighted by Crippen LogP contribution is 2.29. The number of pyridine rings is 1. The van der Waals surface area contributed by atoms with Crippen molar-refractivity contribution in [2.24, 2.45) is 0 Å². The molecule has 0 bridgehead atoms. The molecule has 0 spiro atoms. The topological polar surface area (TPSA) is 51.2 Å². The fourth-order valence-electron chi connectivity index (χ4n) is 4.48. The lowest BCUT2D eigenvalue weighted by Gasteiger charge is -2.17. The van der Waals surface area contributed by atoms with Gasteiger partial charge in [-0.15, -0.1) is 0 Å². The number of nitrogens with zero attached hydrogens (tertiary/aromatic N) is 1. The zero-order valence-corrected chi connectivity index (χ0v) is 22.8. The monoisotopic (exact) mass is 480 g/mol. The number of hydrogen-bond acceptors (Lipinski definition) is 3. The molecule has 0 saturated carbocycles. The quantitative estimate of drug-likeness (QED) is 0.217. The summed E-state index contributed by atoms with van der Waals surface area (Å²) in [6.45, 7) is 8.75. The first-order valence-corrected chi connectivity index (χ1v) is 14.0. The average molecular weight is 481 g/mol. The van der Waals surface area contributed by atoms with Crippen LogP contribution in [-0.2, 0) is 11.4 Å². The van der Waals surface area contributed by atoms with Crippen molar-refractivity contribution in [3.05, 3.63) is 52.7 Å². The van der Waals surface area contributed by atoms with Crippen LogP contribution in [0.25, 0.3) is 0 Å². The highest BCUT2D eigenvalue weighted by molar-refractivity contribution is 5.90. The zero-order chi connectivity index (χ0) is 25.3. The first kappa shape index (κ1) is 28.9. The molecular formula is C31H48N2O2. The molecule has 4 nitrogen and oxygen atoms in total. The number of rotatable bonds is 18. The summed E-state index contributed by atoms with van der Waals surface area (Å²) >= 11 is 0. The van der Waals surface area contributed by atoms with Gasteiger partial charge in [0, 0.05) is 6.42 Å². The molecule has 35 heavy (non-hydrogen) atoms. The van der Waals surface area contributed by atoms with Crippen molar-refractivity contribution in [1.82, 2.24) is 4.98 Å². The van der Waals surface area contributed by atoms with E-state index in [4.69, 9.17) is 4.74 Å². The SMILES string of the molecule is CCCCCCCCCCCCCCCC(=O)Nc1nc(C)c(OCc2ccccc2)c(C)c1C. The van der Waals surface area contributed by atoms with Crippen molar-refractivity contribution in [3.8, 4) is 5.75 Å². The maximum absolute atomic E-state index is 12.5. The molecular weight excluding hydrogens is 432 g/mol. The van der Waals surface area contributed by atoms with Gasteiger partial charge in [0.05, 0.1) is 5.69 Å². The van der Waals surface area contributed by atoms with Crippen molar-refractivity contribution in [2.45, 2.75) is 124 Å². The third-order valence-corrected chi connectivity index (χ3v) is 6.86. The van der Waals surface area contributed by atoms with Crippen LogP contribution in [0.15, 0.2) is 30.3 Å². The van der Waals surface area contributed by atoms with E-state index >= 15 is 0 Å². The van der Waals surface area contributed by atoms with Crippen LogP contribution in [0.1, 0.15) is 119 Å². The Bertz CT molecular complexity index is 864. The Kier molecular flexibility index (Phi) is 14.1. The van der Waals surface area contributed by atoms with Crippen LogP contribution in [0.3, 0.4) is 0 Å². The zero-order valence-electron chi connectivity index (χ0n) is 22.8. The molecule has 1 amide bonds. The molecule has 0 atom stereocenters. The van der Waals surface area contributed by atoms with E-state index in [1.165, 1.54) is 70.6 Å². The molecule has 2 rings (SSSR count). The number of anilines is 1. The van der Waals surface area contributed by atoms with Crippen LogP contribution >= 0.6 is 0 Å². The van der Waals surface area contributed by atoms with Gasteiger partial charge in [0.25, 0.3) is 0 Å². The molecule has 0 saturated heterocycles. The van der Waals surface area contributed by atoms with Gasteiger partial charge in [-0.05, 0) is 43.9 Å². The van der Waals surface area contributed by atoms with Crippen molar-refractivity contribution in [2.75, 3.05) is 5.32 Å². The molecule has 4 heteroatoms. The maximum Gasteiger partial charge on any atom is 0.225 e. The smallest absolute Gasteiger partial charge is 0.225 e. The second kappa shape index (κ2) is 17.1. The Labute approximate surface area is 214 Å². The lowest BCUT2D eigenvalue weighted by molar-refractivity contribution is -0.116. The van der Waals surface area contributed by atoms with E-state index in [2.05, 4.69) is 29.4 Å². The number of hydrogen-bond donors (Lipinski definition) is 1. The van der Waals surface area contributed by atoms with E-state index in [1.54, 1.807) is 0 Å². The van der Waals surface area contributed by atoms with Crippen LogP contribution in [0.4, 0.5) is 5.82 Å². The maximum atomic E-state index is 12.5. The average Bonchev–Trinajstić information content (AvgIpc) is 2.85. The highest BCUT2D eigenvalue weighted by Gasteiger charge is 2.15. The summed E-state index contributed by atoms with van der Waals surface area (Å²) in [5.41, 5.74) is 3.93. The summed E-state index contributed by atoms with van der Waals surface area (Å²) in [7, 11) is 0. The van der Waals surface area contributed by atoms with Gasteiger partial charge in [-0.2, -0.15) is 0 Å². The van der Waals surface area contributed by atoms with Gasteiger partial charge in [0.1, 0.15) is 18.2 Å². The largest absolute Gasteiger partial charge is 0.487 e. The lowest BCUT2D eigenvalue weighted by Crippen LogP contribution is -2.15. The Balaban J connectivity index is 1.62. The number of carbonyl (C=O) groups is 1. The van der Waals surface area contributed by atoms with Gasteiger partial charge >= 0.3 is 0 Å². The normalized spacial score (nSPS) is 11.0. The van der Waals surface area contributed by atoms with E-state index in [1.807, 2.05) is 39.0 Å². The standard InChI is InChI=1S/C31H48N2O2/c1-5-6-7-8-9-10-11-12-13-14-15-16-20-23-29(34)33-31-26(3)25(2)30(27(4)32-31)35-24-28-21-18-17-19-22-28/h17-19,21-22H,5-16,20,23-24H2,1-4H3,(H,32,33,34). The molecule has 194 valence electrons. The summed E-state index contributed by atoms with van der Waals surface area (Å²) < 4.78 is 6.07. The summed E-state index contributed by atoms with van der Waals surface area (Å²) in [4.78, 5) is 17.1. The number of unbranched alkanes of at least 4 members (excludes halogenated alkanes) is 12. The Morgan fingerprint density at radius 2 is 1.31 bits per heavy atom. The first-order chi connectivity index (χ1) is 17.0. The van der Waals surface area contributed by atoms with Crippen LogP contribution in [0, 0.1) is 20.8 Å². The molecule has 0 aliphatic rings. The van der Waals surface area contributed by atoms with E-state index in [9.17, 15) is 4.79 Å². The summed E-state index contributed by atoms with van der Waals surface area (Å²) in [6.07, 6.45) is 17.6. The first-order valence-electron chi connectivity index (χ1n) is 14.0. The minimum atomic E-state index is 0.0560. The predicted octanol–water partition coefficient (Wildman–Crippen LogP) is 9.01.